The van der Waals surface area contributed by atoms with Crippen molar-refractivity contribution in [2.45, 2.75) is 83.0 Å². The van der Waals surface area contributed by atoms with Crippen molar-refractivity contribution < 1.29 is 32.9 Å². The van der Waals surface area contributed by atoms with Gasteiger partial charge >= 0.3 is 0 Å². The number of allylic oxidation sites excluding steroid dienone is 2. The van der Waals surface area contributed by atoms with Gasteiger partial charge in [0.05, 0.1) is 37.1 Å². The molecule has 4 aromatic rings. The first kappa shape index (κ1) is 37.2. The summed E-state index contributed by atoms with van der Waals surface area (Å²) in [5, 5.41) is 24.9. The first-order valence-corrected chi connectivity index (χ1v) is 20.3. The van der Waals surface area contributed by atoms with Gasteiger partial charge in [-0.25, -0.2) is 8.42 Å². The second-order valence-corrected chi connectivity index (χ2v) is 17.7. The van der Waals surface area contributed by atoms with Crippen LogP contribution in [0.3, 0.4) is 0 Å². The van der Waals surface area contributed by atoms with Crippen LogP contribution in [0.4, 0.5) is 0 Å². The van der Waals surface area contributed by atoms with Gasteiger partial charge in [0, 0.05) is 40.4 Å². The summed E-state index contributed by atoms with van der Waals surface area (Å²) in [6, 6.07) is 21.1. The second-order valence-electron chi connectivity index (χ2n) is 14.6. The topological polar surface area (TPSA) is 113 Å². The summed E-state index contributed by atoms with van der Waals surface area (Å²) in [6.45, 7) is 4.04. The van der Waals surface area contributed by atoms with E-state index in [0.717, 1.165) is 27.6 Å². The third-order valence-electron chi connectivity index (χ3n) is 11.3. The van der Waals surface area contributed by atoms with Crippen molar-refractivity contribution in [3.63, 3.8) is 0 Å². The molecule has 7 rings (SSSR count). The molecule has 51 heavy (non-hydrogen) atoms. The van der Waals surface area contributed by atoms with Crippen molar-refractivity contribution in [3.8, 4) is 11.5 Å². The molecular formula is C41H49NO7S2. The molecule has 10 heteroatoms. The summed E-state index contributed by atoms with van der Waals surface area (Å²) < 4.78 is 40.2. The van der Waals surface area contributed by atoms with Crippen LogP contribution in [0.2, 0.25) is 0 Å². The molecule has 2 N–H and O–H groups in total. The maximum Gasteiger partial charge on any atom is 0.211 e. The molecule has 1 heterocycles. The van der Waals surface area contributed by atoms with E-state index >= 15 is 0 Å². The zero-order valence-corrected chi connectivity index (χ0v) is 31.8. The summed E-state index contributed by atoms with van der Waals surface area (Å²) in [4.78, 5) is 15.2. The van der Waals surface area contributed by atoms with E-state index < -0.39 is 27.1 Å². The Morgan fingerprint density at radius 3 is 2.53 bits per heavy atom. The highest BCUT2D eigenvalue weighted by Crippen LogP contribution is 2.59. The van der Waals surface area contributed by atoms with Crippen molar-refractivity contribution in [2.24, 2.45) is 5.41 Å². The normalized spacial score (nSPS) is 24.3. The number of rotatable bonds is 9. The minimum absolute atomic E-state index is 0.0146. The number of methoxy groups -OCH3 is 2. The molecule has 3 aliphatic carbocycles. The Kier molecular flexibility index (Phi) is 10.8. The molecular weight excluding hydrogens is 683 g/mol. The molecule has 1 fully saturated rings. The van der Waals surface area contributed by atoms with Crippen LogP contribution in [0.15, 0.2) is 78.4 Å². The summed E-state index contributed by atoms with van der Waals surface area (Å²) in [6.07, 6.45) is 6.78. The zero-order chi connectivity index (χ0) is 36.6. The molecule has 3 aliphatic rings. The summed E-state index contributed by atoms with van der Waals surface area (Å²) >= 11 is 1.47. The number of ketones is 1. The molecule has 1 aromatic heterocycles. The van der Waals surface area contributed by atoms with E-state index in [1.807, 2.05) is 48.5 Å². The van der Waals surface area contributed by atoms with Crippen LogP contribution < -0.4 is 9.47 Å². The Hall–Kier alpha value is -3.54. The molecule has 3 aromatic carbocycles. The van der Waals surface area contributed by atoms with Crippen LogP contribution in [0, 0.1) is 5.41 Å². The largest absolute Gasteiger partial charge is 0.497 e. The number of ether oxygens (including phenoxy) is 2. The van der Waals surface area contributed by atoms with E-state index in [2.05, 4.69) is 19.9 Å². The zero-order valence-electron chi connectivity index (χ0n) is 30.1. The maximum atomic E-state index is 14.5. The fourth-order valence-corrected chi connectivity index (χ4v) is 10.0. The Labute approximate surface area is 305 Å². The Bertz CT molecular complexity index is 2020. The van der Waals surface area contributed by atoms with Crippen LogP contribution in [-0.4, -0.2) is 67.4 Å². The van der Waals surface area contributed by atoms with Gasteiger partial charge in [-0.05, 0) is 98.6 Å². The third kappa shape index (κ3) is 7.66. The van der Waals surface area contributed by atoms with E-state index in [4.69, 9.17) is 9.47 Å². The lowest BCUT2D eigenvalue weighted by atomic mass is 9.65. The highest BCUT2D eigenvalue weighted by Gasteiger charge is 2.58. The van der Waals surface area contributed by atoms with E-state index in [1.165, 1.54) is 34.6 Å². The van der Waals surface area contributed by atoms with Gasteiger partial charge in [0.2, 0.25) is 15.8 Å². The van der Waals surface area contributed by atoms with Gasteiger partial charge in [0.1, 0.15) is 11.5 Å². The molecule has 0 amide bonds. The van der Waals surface area contributed by atoms with Crippen LogP contribution >= 0.6 is 11.3 Å². The standard InChI is InChI=1S/C41H49NO7S2/c1-27-9-8-19-40(2)35(18-20-41(40,45)26-42(51(5,46)47)25-30-14-16-32(48-3)24-36(30)49-4)33-17-13-28(21-31(43)15-12-27)22-34(33)39(44)38-23-29-10-6-7-11-37(29)50-38/h6-7,9-11,13-14,16-17,22-24,31,35,43,45H,8,12,15,18-21,25-26H2,1-5H3/t31-,35-,40-,41+/m0/s1. The lowest BCUT2D eigenvalue weighted by molar-refractivity contribution is -0.0731. The molecule has 1 saturated carbocycles. The number of fused-ring (bicyclic) bond motifs is 9. The summed E-state index contributed by atoms with van der Waals surface area (Å²) in [5.74, 6) is 0.783. The van der Waals surface area contributed by atoms with E-state index in [0.29, 0.717) is 66.0 Å². The van der Waals surface area contributed by atoms with E-state index in [1.54, 1.807) is 25.3 Å². The molecule has 8 nitrogen and oxygen atoms in total. The molecule has 272 valence electrons. The number of aliphatic hydroxyl groups excluding tert-OH is 1. The van der Waals surface area contributed by atoms with Gasteiger partial charge in [0.15, 0.2) is 0 Å². The van der Waals surface area contributed by atoms with Crippen molar-refractivity contribution in [1.82, 2.24) is 4.31 Å². The molecule has 0 aliphatic heterocycles. The molecule has 2 bridgehead atoms. The van der Waals surface area contributed by atoms with Gasteiger partial charge in [-0.1, -0.05) is 55.0 Å². The van der Waals surface area contributed by atoms with E-state index in [9.17, 15) is 23.4 Å². The molecule has 0 radical (unpaired) electrons. The van der Waals surface area contributed by atoms with Crippen molar-refractivity contribution in [2.75, 3.05) is 27.0 Å². The first-order valence-electron chi connectivity index (χ1n) is 17.6. The molecule has 0 unspecified atom stereocenters. The quantitative estimate of drug-likeness (QED) is 0.134. The highest BCUT2D eigenvalue weighted by molar-refractivity contribution is 7.88. The van der Waals surface area contributed by atoms with Gasteiger partial charge in [-0.2, -0.15) is 4.31 Å². The maximum absolute atomic E-state index is 14.5. The van der Waals surface area contributed by atoms with Gasteiger partial charge in [0.25, 0.3) is 0 Å². The monoisotopic (exact) mass is 731 g/mol. The highest BCUT2D eigenvalue weighted by atomic mass is 32.2. The summed E-state index contributed by atoms with van der Waals surface area (Å²) in [5.41, 5.74) is 1.95. The van der Waals surface area contributed by atoms with Crippen LogP contribution in [0.5, 0.6) is 11.5 Å². The van der Waals surface area contributed by atoms with Crippen molar-refractivity contribution in [3.05, 3.63) is 106 Å². The predicted molar refractivity (Wildman–Crippen MR) is 203 cm³/mol. The average molecular weight is 732 g/mol. The molecule has 4 atom stereocenters. The SMILES string of the molecule is COc1ccc(CN(C[C@]2(O)CC[C@H]3c4ccc(cc4C(=O)c4cc5ccccc5s4)C[C@@H](O)CCC(C)=CCC[C@@]32C)S(C)(=O)=O)c(OC)c1. The predicted octanol–water partition coefficient (Wildman–Crippen LogP) is 7.65. The van der Waals surface area contributed by atoms with Crippen molar-refractivity contribution >= 4 is 37.2 Å². The number of thiophene rings is 1. The van der Waals surface area contributed by atoms with Crippen LogP contribution in [0.25, 0.3) is 10.1 Å². The Balaban J connectivity index is 1.44. The summed E-state index contributed by atoms with van der Waals surface area (Å²) in [7, 11) is -0.683. The van der Waals surface area contributed by atoms with Crippen molar-refractivity contribution in [1.29, 1.82) is 0 Å². The minimum atomic E-state index is -3.78. The number of hydrogen-bond acceptors (Lipinski definition) is 8. The number of benzene rings is 3. The van der Waals surface area contributed by atoms with Crippen LogP contribution in [-0.2, 0) is 23.0 Å². The fraction of sp³-hybridized carbons (Fsp3) is 0.439. The second kappa shape index (κ2) is 14.8. The first-order chi connectivity index (χ1) is 24.2. The fourth-order valence-electron chi connectivity index (χ4n) is 8.18. The number of nitrogens with zero attached hydrogens (tertiary/aromatic N) is 1. The average Bonchev–Trinajstić information content (AvgIpc) is 3.64. The molecule has 0 saturated heterocycles. The Morgan fingerprint density at radius 2 is 1.80 bits per heavy atom. The number of aliphatic hydroxyl groups is 2. The number of hydrogen-bond donors (Lipinski definition) is 2. The third-order valence-corrected chi connectivity index (χ3v) is 13.6. The van der Waals surface area contributed by atoms with Gasteiger partial charge in [-0.3, -0.25) is 4.79 Å². The van der Waals surface area contributed by atoms with Crippen LogP contribution in [0.1, 0.15) is 90.2 Å². The number of sulfonamides is 1. The van der Waals surface area contributed by atoms with Gasteiger partial charge in [-0.15, -0.1) is 11.3 Å². The lowest BCUT2D eigenvalue weighted by Crippen LogP contribution is -2.53. The minimum Gasteiger partial charge on any atom is -0.497 e. The number of carbonyl (C=O) groups is 1. The smallest absolute Gasteiger partial charge is 0.211 e. The molecule has 0 spiro atoms. The van der Waals surface area contributed by atoms with E-state index in [-0.39, 0.29) is 24.8 Å². The Morgan fingerprint density at radius 1 is 1.02 bits per heavy atom. The lowest BCUT2D eigenvalue weighted by Gasteiger charge is -2.45. The number of carbonyl (C=O) groups excluding carboxylic acids is 1. The van der Waals surface area contributed by atoms with Gasteiger partial charge < -0.3 is 19.7 Å².